The van der Waals surface area contributed by atoms with E-state index in [0.29, 0.717) is 26.3 Å². The van der Waals surface area contributed by atoms with E-state index in [1.54, 1.807) is 11.9 Å². The summed E-state index contributed by atoms with van der Waals surface area (Å²) in [5.74, 6) is 1.75. The third kappa shape index (κ3) is 7.27. The molecule has 0 spiro atoms. The molecule has 0 bridgehead atoms. The molecule has 0 aromatic heterocycles. The fourth-order valence-electron chi connectivity index (χ4n) is 2.63. The van der Waals surface area contributed by atoms with E-state index in [2.05, 4.69) is 15.2 Å². The van der Waals surface area contributed by atoms with Crippen LogP contribution in [0.4, 0.5) is 4.79 Å². The first-order valence-electron chi connectivity index (χ1n) is 8.79. The van der Waals surface area contributed by atoms with E-state index >= 15 is 0 Å². The lowest BCUT2D eigenvalue weighted by molar-refractivity contribution is 0.0914. The lowest BCUT2D eigenvalue weighted by atomic mass is 10.3. The average Bonchev–Trinajstić information content (AvgIpc) is 2.66. The van der Waals surface area contributed by atoms with Crippen LogP contribution in [0.25, 0.3) is 0 Å². The fourth-order valence-corrected chi connectivity index (χ4v) is 2.63. The molecule has 1 aromatic rings. The van der Waals surface area contributed by atoms with Crippen molar-refractivity contribution in [1.82, 2.24) is 15.1 Å². The van der Waals surface area contributed by atoms with Crippen LogP contribution in [-0.4, -0.2) is 74.8 Å². The van der Waals surface area contributed by atoms with Gasteiger partial charge in [0.15, 0.2) is 5.96 Å². The Morgan fingerprint density at radius 2 is 1.81 bits per heavy atom. The Bertz CT molecular complexity index is 549. The average molecular weight is 476 g/mol. The minimum atomic E-state index is -0.233. The maximum Gasteiger partial charge on any atom is 0.409 e. The van der Waals surface area contributed by atoms with Gasteiger partial charge in [-0.2, -0.15) is 0 Å². The normalized spacial score (nSPS) is 14.5. The number of amides is 1. The number of guanidine groups is 1. The summed E-state index contributed by atoms with van der Waals surface area (Å²) in [6.45, 7) is 6.47. The number of benzene rings is 1. The summed E-state index contributed by atoms with van der Waals surface area (Å²) >= 11 is 0. The first kappa shape index (κ1) is 22.3. The Morgan fingerprint density at radius 3 is 2.42 bits per heavy atom. The third-order valence-corrected chi connectivity index (χ3v) is 3.93. The molecule has 1 amide bonds. The SMILES string of the molecule is CCOC(=O)N1CCN(C(=NC)NCCCOc2ccccc2)CC1.I. The number of halogens is 1. The molecule has 1 heterocycles. The summed E-state index contributed by atoms with van der Waals surface area (Å²) in [5, 5.41) is 3.36. The van der Waals surface area contributed by atoms with Gasteiger partial charge in [-0.25, -0.2) is 4.79 Å². The molecular formula is C18H29IN4O3. The smallest absolute Gasteiger partial charge is 0.409 e. The summed E-state index contributed by atoms with van der Waals surface area (Å²) in [7, 11) is 1.78. The van der Waals surface area contributed by atoms with Crippen LogP contribution in [0.2, 0.25) is 0 Å². The van der Waals surface area contributed by atoms with Crippen LogP contribution in [0.1, 0.15) is 13.3 Å². The second kappa shape index (κ2) is 12.6. The van der Waals surface area contributed by atoms with Gasteiger partial charge in [0.1, 0.15) is 5.75 Å². The van der Waals surface area contributed by atoms with E-state index in [9.17, 15) is 4.79 Å². The first-order chi connectivity index (χ1) is 12.2. The van der Waals surface area contributed by atoms with Crippen LogP contribution in [0, 0.1) is 0 Å². The van der Waals surface area contributed by atoms with Crippen molar-refractivity contribution in [2.45, 2.75) is 13.3 Å². The van der Waals surface area contributed by atoms with Gasteiger partial charge < -0.3 is 24.6 Å². The maximum absolute atomic E-state index is 11.7. The van der Waals surface area contributed by atoms with Gasteiger partial charge in [-0.15, -0.1) is 24.0 Å². The first-order valence-corrected chi connectivity index (χ1v) is 8.79. The summed E-state index contributed by atoms with van der Waals surface area (Å²) < 4.78 is 10.7. The molecule has 1 fully saturated rings. The number of carbonyl (C=O) groups excluding carboxylic acids is 1. The molecule has 8 heteroatoms. The number of ether oxygens (including phenoxy) is 2. The van der Waals surface area contributed by atoms with Gasteiger partial charge in [0, 0.05) is 39.8 Å². The lowest BCUT2D eigenvalue weighted by Gasteiger charge is -2.35. The molecule has 0 radical (unpaired) electrons. The molecule has 0 atom stereocenters. The van der Waals surface area contributed by atoms with Gasteiger partial charge >= 0.3 is 6.09 Å². The van der Waals surface area contributed by atoms with Crippen molar-refractivity contribution in [1.29, 1.82) is 0 Å². The van der Waals surface area contributed by atoms with Crippen molar-refractivity contribution < 1.29 is 14.3 Å². The lowest BCUT2D eigenvalue weighted by Crippen LogP contribution is -2.54. The van der Waals surface area contributed by atoms with E-state index < -0.39 is 0 Å². The standard InChI is InChI=1S/C18H28N4O3.HI/c1-3-24-18(23)22-13-11-21(12-14-22)17(19-2)20-10-7-15-25-16-8-5-4-6-9-16;/h4-6,8-9H,3,7,10-15H2,1-2H3,(H,19,20);1H. The molecule has 2 rings (SSSR count). The predicted molar refractivity (Wildman–Crippen MR) is 113 cm³/mol. The zero-order valence-electron chi connectivity index (χ0n) is 15.5. The van der Waals surface area contributed by atoms with Gasteiger partial charge in [0.25, 0.3) is 0 Å². The number of carbonyl (C=O) groups is 1. The zero-order valence-corrected chi connectivity index (χ0v) is 17.8. The number of nitrogens with one attached hydrogen (secondary N) is 1. The highest BCUT2D eigenvalue weighted by Gasteiger charge is 2.23. The Balaban J connectivity index is 0.00000338. The summed E-state index contributed by atoms with van der Waals surface area (Å²) in [4.78, 5) is 20.0. The third-order valence-electron chi connectivity index (χ3n) is 3.93. The minimum Gasteiger partial charge on any atom is -0.494 e. The van der Waals surface area contributed by atoms with Crippen LogP contribution in [0.5, 0.6) is 5.75 Å². The summed E-state index contributed by atoms with van der Waals surface area (Å²) in [5.41, 5.74) is 0. The topological polar surface area (TPSA) is 66.4 Å². The molecular weight excluding hydrogens is 447 g/mol. The van der Waals surface area contributed by atoms with Crippen LogP contribution >= 0.6 is 24.0 Å². The Kier molecular flexibility index (Phi) is 10.8. The van der Waals surface area contributed by atoms with E-state index in [1.807, 2.05) is 37.3 Å². The van der Waals surface area contributed by atoms with Crippen LogP contribution in [-0.2, 0) is 4.74 Å². The molecule has 26 heavy (non-hydrogen) atoms. The Hall–Kier alpha value is -1.71. The van der Waals surface area contributed by atoms with Crippen LogP contribution in [0.3, 0.4) is 0 Å². The fraction of sp³-hybridized carbons (Fsp3) is 0.556. The molecule has 1 saturated heterocycles. The quantitative estimate of drug-likeness (QED) is 0.296. The van der Waals surface area contributed by atoms with E-state index in [-0.39, 0.29) is 30.1 Å². The number of rotatable bonds is 6. The molecule has 146 valence electrons. The van der Waals surface area contributed by atoms with Gasteiger partial charge in [-0.3, -0.25) is 4.99 Å². The maximum atomic E-state index is 11.7. The Morgan fingerprint density at radius 1 is 1.15 bits per heavy atom. The van der Waals surface area contributed by atoms with Crippen LogP contribution in [0.15, 0.2) is 35.3 Å². The van der Waals surface area contributed by atoms with Gasteiger partial charge in [-0.1, -0.05) is 18.2 Å². The van der Waals surface area contributed by atoms with Crippen molar-refractivity contribution in [2.75, 3.05) is 53.0 Å². The van der Waals surface area contributed by atoms with Gasteiger partial charge in [0.2, 0.25) is 0 Å². The van der Waals surface area contributed by atoms with E-state index in [0.717, 1.165) is 37.8 Å². The monoisotopic (exact) mass is 476 g/mol. The highest BCUT2D eigenvalue weighted by atomic mass is 127. The van der Waals surface area contributed by atoms with Crippen molar-refractivity contribution in [3.05, 3.63) is 30.3 Å². The van der Waals surface area contributed by atoms with Gasteiger partial charge in [0.05, 0.1) is 13.2 Å². The Labute approximate surface area is 172 Å². The van der Waals surface area contributed by atoms with Crippen molar-refractivity contribution >= 4 is 36.0 Å². The molecule has 1 aliphatic rings. The zero-order chi connectivity index (χ0) is 17.9. The van der Waals surface area contributed by atoms with E-state index in [1.165, 1.54) is 0 Å². The predicted octanol–water partition coefficient (Wildman–Crippen LogP) is 2.42. The molecule has 0 saturated carbocycles. The molecule has 1 aromatic carbocycles. The van der Waals surface area contributed by atoms with Crippen molar-refractivity contribution in [2.24, 2.45) is 4.99 Å². The molecule has 1 aliphatic heterocycles. The van der Waals surface area contributed by atoms with E-state index in [4.69, 9.17) is 9.47 Å². The summed E-state index contributed by atoms with van der Waals surface area (Å²) in [6.07, 6.45) is 0.652. The van der Waals surface area contributed by atoms with Crippen molar-refractivity contribution in [3.63, 3.8) is 0 Å². The molecule has 7 nitrogen and oxygen atoms in total. The number of piperazine rings is 1. The molecule has 1 N–H and O–H groups in total. The highest BCUT2D eigenvalue weighted by molar-refractivity contribution is 14.0. The largest absolute Gasteiger partial charge is 0.494 e. The number of hydrogen-bond acceptors (Lipinski definition) is 4. The number of para-hydroxylation sites is 1. The molecule has 0 aliphatic carbocycles. The minimum absolute atomic E-state index is 0. The van der Waals surface area contributed by atoms with Crippen molar-refractivity contribution in [3.8, 4) is 5.75 Å². The number of aliphatic imine (C=N–C) groups is 1. The van der Waals surface area contributed by atoms with Gasteiger partial charge in [-0.05, 0) is 25.5 Å². The van der Waals surface area contributed by atoms with Crippen LogP contribution < -0.4 is 10.1 Å². The second-order valence-corrected chi connectivity index (χ2v) is 5.66. The second-order valence-electron chi connectivity index (χ2n) is 5.66. The number of hydrogen-bond donors (Lipinski definition) is 1. The summed E-state index contributed by atoms with van der Waals surface area (Å²) in [6, 6.07) is 9.81. The molecule has 0 unspecified atom stereocenters. The highest BCUT2D eigenvalue weighted by Crippen LogP contribution is 2.08. The number of nitrogens with zero attached hydrogens (tertiary/aromatic N) is 3.